The summed E-state index contributed by atoms with van der Waals surface area (Å²) in [5, 5.41) is 0. The Labute approximate surface area is 81.3 Å². The standard InChI is InChI=1S/C13H18/c1-5-7-13-11(4)8-6-9-12(13)10(2)3/h5-10H,1-4H3/b7-5-. The van der Waals surface area contributed by atoms with E-state index < -0.39 is 0 Å². The second-order valence-electron chi connectivity index (χ2n) is 3.73. The molecule has 13 heavy (non-hydrogen) atoms. The molecule has 0 saturated heterocycles. The van der Waals surface area contributed by atoms with E-state index in [0.717, 1.165) is 0 Å². The van der Waals surface area contributed by atoms with Crippen LogP contribution in [-0.2, 0) is 0 Å². The van der Waals surface area contributed by atoms with Gasteiger partial charge in [0.1, 0.15) is 0 Å². The normalized spacial score (nSPS) is 11.5. The Morgan fingerprint density at radius 1 is 1.23 bits per heavy atom. The Hall–Kier alpha value is -1.04. The van der Waals surface area contributed by atoms with Crippen molar-refractivity contribution in [3.8, 4) is 0 Å². The number of rotatable bonds is 2. The van der Waals surface area contributed by atoms with Crippen molar-refractivity contribution in [2.45, 2.75) is 33.6 Å². The topological polar surface area (TPSA) is 0 Å². The van der Waals surface area contributed by atoms with Gasteiger partial charge in [-0.25, -0.2) is 0 Å². The molecule has 0 saturated carbocycles. The van der Waals surface area contributed by atoms with Crippen molar-refractivity contribution in [2.75, 3.05) is 0 Å². The summed E-state index contributed by atoms with van der Waals surface area (Å²) in [5.74, 6) is 0.603. The number of allylic oxidation sites excluding steroid dienone is 1. The van der Waals surface area contributed by atoms with E-state index in [1.807, 2.05) is 0 Å². The molecule has 0 atom stereocenters. The molecule has 0 heterocycles. The Balaban J connectivity index is 3.25. The van der Waals surface area contributed by atoms with Crippen LogP contribution in [0.15, 0.2) is 24.3 Å². The predicted octanol–water partition coefficient (Wildman–Crippen LogP) is 4.15. The Bertz CT molecular complexity index is 306. The highest BCUT2D eigenvalue weighted by atomic mass is 14.1. The summed E-state index contributed by atoms with van der Waals surface area (Å²) < 4.78 is 0. The molecule has 0 spiro atoms. The molecule has 0 heteroatoms. The van der Waals surface area contributed by atoms with Crippen LogP contribution in [0.4, 0.5) is 0 Å². The minimum atomic E-state index is 0.603. The van der Waals surface area contributed by atoms with Gasteiger partial charge in [0.05, 0.1) is 0 Å². The van der Waals surface area contributed by atoms with Crippen LogP contribution in [-0.4, -0.2) is 0 Å². The van der Waals surface area contributed by atoms with Crippen LogP contribution in [0.1, 0.15) is 43.4 Å². The van der Waals surface area contributed by atoms with Gasteiger partial charge in [0.25, 0.3) is 0 Å². The molecule has 0 unspecified atom stereocenters. The average molecular weight is 174 g/mol. The van der Waals surface area contributed by atoms with Crippen LogP contribution < -0.4 is 0 Å². The van der Waals surface area contributed by atoms with Crippen molar-refractivity contribution < 1.29 is 0 Å². The van der Waals surface area contributed by atoms with Gasteiger partial charge in [-0.15, -0.1) is 0 Å². The zero-order valence-electron chi connectivity index (χ0n) is 8.96. The van der Waals surface area contributed by atoms with E-state index >= 15 is 0 Å². The zero-order chi connectivity index (χ0) is 9.84. The molecule has 0 nitrogen and oxygen atoms in total. The minimum absolute atomic E-state index is 0.603. The molecule has 0 N–H and O–H groups in total. The first-order valence-electron chi connectivity index (χ1n) is 4.89. The second-order valence-corrected chi connectivity index (χ2v) is 3.73. The summed E-state index contributed by atoms with van der Waals surface area (Å²) in [5.41, 5.74) is 4.20. The van der Waals surface area contributed by atoms with E-state index in [0.29, 0.717) is 5.92 Å². The molecule has 0 aliphatic rings. The summed E-state index contributed by atoms with van der Waals surface area (Å²) in [6.45, 7) is 8.71. The van der Waals surface area contributed by atoms with Crippen molar-refractivity contribution in [1.82, 2.24) is 0 Å². The monoisotopic (exact) mass is 174 g/mol. The summed E-state index contributed by atoms with van der Waals surface area (Å²) in [7, 11) is 0. The average Bonchev–Trinajstić information content (AvgIpc) is 2.08. The fourth-order valence-corrected chi connectivity index (χ4v) is 1.60. The van der Waals surface area contributed by atoms with Crippen molar-refractivity contribution in [3.63, 3.8) is 0 Å². The van der Waals surface area contributed by atoms with Gasteiger partial charge in [-0.1, -0.05) is 44.2 Å². The maximum Gasteiger partial charge on any atom is -0.0196 e. The van der Waals surface area contributed by atoms with Gasteiger partial charge in [-0.2, -0.15) is 0 Å². The summed E-state index contributed by atoms with van der Waals surface area (Å²) >= 11 is 0. The Morgan fingerprint density at radius 2 is 1.92 bits per heavy atom. The first-order valence-corrected chi connectivity index (χ1v) is 4.89. The van der Waals surface area contributed by atoms with Crippen LogP contribution in [0.5, 0.6) is 0 Å². The number of hydrogen-bond donors (Lipinski definition) is 0. The van der Waals surface area contributed by atoms with E-state index in [-0.39, 0.29) is 0 Å². The third kappa shape index (κ3) is 2.21. The molecule has 1 aromatic carbocycles. The van der Waals surface area contributed by atoms with Crippen molar-refractivity contribution in [1.29, 1.82) is 0 Å². The Morgan fingerprint density at radius 3 is 2.46 bits per heavy atom. The van der Waals surface area contributed by atoms with Gasteiger partial charge in [0.2, 0.25) is 0 Å². The summed E-state index contributed by atoms with van der Waals surface area (Å²) in [6, 6.07) is 6.52. The van der Waals surface area contributed by atoms with Crippen LogP contribution >= 0.6 is 0 Å². The molecule has 0 amide bonds. The highest BCUT2D eigenvalue weighted by Gasteiger charge is 2.05. The summed E-state index contributed by atoms with van der Waals surface area (Å²) in [4.78, 5) is 0. The summed E-state index contributed by atoms with van der Waals surface area (Å²) in [6.07, 6.45) is 4.30. The SMILES string of the molecule is C/C=C\c1c(C)cccc1C(C)C. The van der Waals surface area contributed by atoms with Crippen molar-refractivity contribution >= 4 is 6.08 Å². The van der Waals surface area contributed by atoms with E-state index in [2.05, 4.69) is 58.0 Å². The van der Waals surface area contributed by atoms with Gasteiger partial charge in [-0.3, -0.25) is 0 Å². The molecule has 0 aliphatic heterocycles. The molecule has 70 valence electrons. The maximum atomic E-state index is 2.24. The lowest BCUT2D eigenvalue weighted by Crippen LogP contribution is -1.93. The first kappa shape index (κ1) is 10.0. The first-order chi connectivity index (χ1) is 6.16. The molecule has 0 aliphatic carbocycles. The quantitative estimate of drug-likeness (QED) is 0.631. The van der Waals surface area contributed by atoms with Gasteiger partial charge in [-0.05, 0) is 36.5 Å². The third-order valence-electron chi connectivity index (χ3n) is 2.31. The fraction of sp³-hybridized carbons (Fsp3) is 0.385. The fourth-order valence-electron chi connectivity index (χ4n) is 1.60. The van der Waals surface area contributed by atoms with Crippen LogP contribution in [0.25, 0.3) is 6.08 Å². The molecule has 0 bridgehead atoms. The van der Waals surface area contributed by atoms with Gasteiger partial charge in [0, 0.05) is 0 Å². The Kier molecular flexibility index (Phi) is 3.30. The highest BCUT2D eigenvalue weighted by Crippen LogP contribution is 2.23. The molecular formula is C13H18. The highest BCUT2D eigenvalue weighted by molar-refractivity contribution is 5.58. The lowest BCUT2D eigenvalue weighted by atomic mass is 9.94. The third-order valence-corrected chi connectivity index (χ3v) is 2.31. The smallest absolute Gasteiger partial charge is 0.0196 e. The minimum Gasteiger partial charge on any atom is -0.0870 e. The van der Waals surface area contributed by atoms with Gasteiger partial charge < -0.3 is 0 Å². The van der Waals surface area contributed by atoms with E-state index in [9.17, 15) is 0 Å². The molecular weight excluding hydrogens is 156 g/mol. The molecule has 1 aromatic rings. The van der Waals surface area contributed by atoms with Crippen molar-refractivity contribution in [3.05, 3.63) is 41.0 Å². The predicted molar refractivity (Wildman–Crippen MR) is 60.0 cm³/mol. The van der Waals surface area contributed by atoms with E-state index in [1.54, 1.807) is 0 Å². The molecule has 0 fully saturated rings. The lowest BCUT2D eigenvalue weighted by Gasteiger charge is -2.11. The zero-order valence-corrected chi connectivity index (χ0v) is 8.96. The van der Waals surface area contributed by atoms with E-state index in [1.165, 1.54) is 16.7 Å². The molecule has 0 aromatic heterocycles. The largest absolute Gasteiger partial charge is 0.0870 e. The molecule has 1 rings (SSSR count). The van der Waals surface area contributed by atoms with Crippen LogP contribution in [0.3, 0.4) is 0 Å². The maximum absolute atomic E-state index is 2.24. The van der Waals surface area contributed by atoms with Gasteiger partial charge in [0.15, 0.2) is 0 Å². The molecule has 0 radical (unpaired) electrons. The number of aryl methyl sites for hydroxylation is 1. The van der Waals surface area contributed by atoms with Crippen LogP contribution in [0.2, 0.25) is 0 Å². The number of benzene rings is 1. The van der Waals surface area contributed by atoms with Crippen LogP contribution in [0, 0.1) is 6.92 Å². The van der Waals surface area contributed by atoms with E-state index in [4.69, 9.17) is 0 Å². The lowest BCUT2D eigenvalue weighted by molar-refractivity contribution is 0.862. The van der Waals surface area contributed by atoms with Crippen molar-refractivity contribution in [2.24, 2.45) is 0 Å². The van der Waals surface area contributed by atoms with Gasteiger partial charge >= 0.3 is 0 Å². The second kappa shape index (κ2) is 4.27. The number of hydrogen-bond acceptors (Lipinski definition) is 0.